The van der Waals surface area contributed by atoms with Crippen LogP contribution in [0.15, 0.2) is 35.7 Å². The lowest BCUT2D eigenvalue weighted by Gasteiger charge is -2.04. The number of aryl methyl sites for hydroxylation is 1. The molecule has 1 heterocycles. The number of hydrogen-bond donors (Lipinski definition) is 1. The van der Waals surface area contributed by atoms with Gasteiger partial charge in [-0.05, 0) is 36.1 Å². The van der Waals surface area contributed by atoms with Gasteiger partial charge in [0, 0.05) is 5.69 Å². The molecule has 0 spiro atoms. The van der Waals surface area contributed by atoms with E-state index in [1.807, 2.05) is 31.2 Å². The Balaban J connectivity index is 2.17. The van der Waals surface area contributed by atoms with Crippen molar-refractivity contribution in [2.75, 3.05) is 5.32 Å². The normalized spacial score (nSPS) is 10.1. The van der Waals surface area contributed by atoms with Gasteiger partial charge in [0.05, 0.1) is 5.02 Å². The first-order chi connectivity index (χ1) is 7.66. The number of amides is 1. The van der Waals surface area contributed by atoms with Gasteiger partial charge in [0.1, 0.15) is 4.88 Å². The first kappa shape index (κ1) is 11.2. The van der Waals surface area contributed by atoms with Crippen molar-refractivity contribution in [3.63, 3.8) is 0 Å². The minimum atomic E-state index is -0.161. The third-order valence-electron chi connectivity index (χ3n) is 2.10. The molecule has 0 saturated heterocycles. The van der Waals surface area contributed by atoms with Gasteiger partial charge in [-0.3, -0.25) is 4.79 Å². The zero-order valence-corrected chi connectivity index (χ0v) is 10.2. The van der Waals surface area contributed by atoms with Crippen molar-refractivity contribution in [3.05, 3.63) is 51.2 Å². The minimum absolute atomic E-state index is 0.161. The van der Waals surface area contributed by atoms with Crippen LogP contribution in [-0.4, -0.2) is 5.91 Å². The largest absolute Gasteiger partial charge is 0.321 e. The van der Waals surface area contributed by atoms with E-state index >= 15 is 0 Å². The first-order valence-electron chi connectivity index (χ1n) is 4.78. The molecule has 0 aliphatic carbocycles. The maximum Gasteiger partial charge on any atom is 0.267 e. The molecule has 4 heteroatoms. The van der Waals surface area contributed by atoms with Crippen LogP contribution in [0.2, 0.25) is 5.02 Å². The zero-order valence-electron chi connectivity index (χ0n) is 8.66. The second-order valence-corrected chi connectivity index (χ2v) is 4.74. The quantitative estimate of drug-likeness (QED) is 0.860. The van der Waals surface area contributed by atoms with Crippen LogP contribution < -0.4 is 5.32 Å². The third kappa shape index (κ3) is 2.43. The molecule has 0 fully saturated rings. The molecule has 1 N–H and O–H groups in total. The van der Waals surface area contributed by atoms with E-state index in [0.717, 1.165) is 11.3 Å². The fourth-order valence-corrected chi connectivity index (χ4v) is 2.40. The highest BCUT2D eigenvalue weighted by Crippen LogP contribution is 2.23. The molecule has 0 saturated carbocycles. The van der Waals surface area contributed by atoms with Gasteiger partial charge in [-0.1, -0.05) is 23.7 Å². The van der Waals surface area contributed by atoms with Gasteiger partial charge in [-0.2, -0.15) is 0 Å². The second kappa shape index (κ2) is 4.68. The third-order valence-corrected chi connectivity index (χ3v) is 3.44. The first-order valence-corrected chi connectivity index (χ1v) is 6.03. The zero-order chi connectivity index (χ0) is 11.5. The lowest BCUT2D eigenvalue weighted by Crippen LogP contribution is -2.10. The molecule has 0 unspecified atom stereocenters. The molecule has 1 aromatic heterocycles. The highest BCUT2D eigenvalue weighted by Gasteiger charge is 2.11. The summed E-state index contributed by atoms with van der Waals surface area (Å²) in [5.41, 5.74) is 1.89. The van der Waals surface area contributed by atoms with Gasteiger partial charge in [0.15, 0.2) is 0 Å². The Bertz CT molecular complexity index is 521. The molecule has 0 radical (unpaired) electrons. The maximum atomic E-state index is 11.8. The summed E-state index contributed by atoms with van der Waals surface area (Å²) in [6, 6.07) is 9.37. The lowest BCUT2D eigenvalue weighted by atomic mass is 10.2. The summed E-state index contributed by atoms with van der Waals surface area (Å²) in [6.07, 6.45) is 0. The summed E-state index contributed by atoms with van der Waals surface area (Å²) in [7, 11) is 0. The van der Waals surface area contributed by atoms with E-state index in [2.05, 4.69) is 5.32 Å². The van der Waals surface area contributed by atoms with E-state index in [-0.39, 0.29) is 5.91 Å². The number of nitrogens with one attached hydrogen (secondary N) is 1. The van der Waals surface area contributed by atoms with Gasteiger partial charge in [0.25, 0.3) is 5.91 Å². The van der Waals surface area contributed by atoms with Crippen LogP contribution in [0.1, 0.15) is 15.2 Å². The summed E-state index contributed by atoms with van der Waals surface area (Å²) < 4.78 is 0. The number of halogens is 1. The summed E-state index contributed by atoms with van der Waals surface area (Å²) in [6.45, 7) is 1.98. The maximum absolute atomic E-state index is 11.8. The standard InChI is InChI=1S/C12H10ClNOS/c1-8-3-2-4-9(7-8)14-12(15)11-10(13)5-6-16-11/h2-7H,1H3,(H,14,15). The molecular weight excluding hydrogens is 242 g/mol. The number of carbonyl (C=O) groups excluding carboxylic acids is 1. The predicted octanol–water partition coefficient (Wildman–Crippen LogP) is 3.96. The van der Waals surface area contributed by atoms with Crippen molar-refractivity contribution in [3.8, 4) is 0 Å². The van der Waals surface area contributed by atoms with E-state index in [9.17, 15) is 4.79 Å². The molecule has 16 heavy (non-hydrogen) atoms. The van der Waals surface area contributed by atoms with Crippen molar-refractivity contribution in [2.24, 2.45) is 0 Å². The van der Waals surface area contributed by atoms with Crippen molar-refractivity contribution in [1.82, 2.24) is 0 Å². The van der Waals surface area contributed by atoms with Crippen molar-refractivity contribution >= 4 is 34.5 Å². The number of hydrogen-bond acceptors (Lipinski definition) is 2. The highest BCUT2D eigenvalue weighted by atomic mass is 35.5. The molecule has 0 aliphatic heterocycles. The number of anilines is 1. The average Bonchev–Trinajstić information content (AvgIpc) is 2.64. The summed E-state index contributed by atoms with van der Waals surface area (Å²) in [5, 5.41) is 5.11. The topological polar surface area (TPSA) is 29.1 Å². The van der Waals surface area contributed by atoms with E-state index in [4.69, 9.17) is 11.6 Å². The monoisotopic (exact) mass is 251 g/mol. The van der Waals surface area contributed by atoms with Gasteiger partial charge < -0.3 is 5.32 Å². The van der Waals surface area contributed by atoms with Crippen LogP contribution in [0.4, 0.5) is 5.69 Å². The Morgan fingerprint density at radius 2 is 2.19 bits per heavy atom. The van der Waals surface area contributed by atoms with Gasteiger partial charge in [-0.25, -0.2) is 0 Å². The van der Waals surface area contributed by atoms with Crippen LogP contribution in [0, 0.1) is 6.92 Å². The molecule has 1 amide bonds. The van der Waals surface area contributed by atoms with E-state index in [1.165, 1.54) is 11.3 Å². The smallest absolute Gasteiger partial charge is 0.267 e. The van der Waals surface area contributed by atoms with Crippen molar-refractivity contribution < 1.29 is 4.79 Å². The van der Waals surface area contributed by atoms with Gasteiger partial charge in [0.2, 0.25) is 0 Å². The molecule has 2 nitrogen and oxygen atoms in total. The van der Waals surface area contributed by atoms with Crippen LogP contribution >= 0.6 is 22.9 Å². The minimum Gasteiger partial charge on any atom is -0.321 e. The Kier molecular flexibility index (Phi) is 3.27. The van der Waals surface area contributed by atoms with Crippen LogP contribution in [0.3, 0.4) is 0 Å². The molecule has 82 valence electrons. The van der Waals surface area contributed by atoms with Crippen molar-refractivity contribution in [1.29, 1.82) is 0 Å². The molecule has 0 bridgehead atoms. The molecular formula is C12H10ClNOS. The Morgan fingerprint density at radius 1 is 1.38 bits per heavy atom. The number of rotatable bonds is 2. The Labute approximate surface area is 103 Å². The van der Waals surface area contributed by atoms with Crippen molar-refractivity contribution in [2.45, 2.75) is 6.92 Å². The second-order valence-electron chi connectivity index (χ2n) is 3.42. The molecule has 0 aliphatic rings. The van der Waals surface area contributed by atoms with E-state index in [0.29, 0.717) is 9.90 Å². The Hall–Kier alpha value is -1.32. The van der Waals surface area contributed by atoms with Gasteiger partial charge >= 0.3 is 0 Å². The number of carbonyl (C=O) groups is 1. The van der Waals surface area contributed by atoms with E-state index < -0.39 is 0 Å². The van der Waals surface area contributed by atoms with Crippen LogP contribution in [0.5, 0.6) is 0 Å². The lowest BCUT2D eigenvalue weighted by molar-refractivity contribution is 0.103. The summed E-state index contributed by atoms with van der Waals surface area (Å²) in [5.74, 6) is -0.161. The predicted molar refractivity (Wildman–Crippen MR) is 68.5 cm³/mol. The Morgan fingerprint density at radius 3 is 2.81 bits per heavy atom. The van der Waals surface area contributed by atoms with Crippen LogP contribution in [-0.2, 0) is 0 Å². The molecule has 0 atom stereocenters. The fourth-order valence-electron chi connectivity index (χ4n) is 1.37. The van der Waals surface area contributed by atoms with E-state index in [1.54, 1.807) is 11.4 Å². The van der Waals surface area contributed by atoms with Gasteiger partial charge in [-0.15, -0.1) is 11.3 Å². The summed E-state index contributed by atoms with van der Waals surface area (Å²) >= 11 is 7.22. The number of benzene rings is 1. The molecule has 2 rings (SSSR count). The van der Waals surface area contributed by atoms with Crippen LogP contribution in [0.25, 0.3) is 0 Å². The molecule has 1 aromatic carbocycles. The average molecular weight is 252 g/mol. The molecule has 2 aromatic rings. The SMILES string of the molecule is Cc1cccc(NC(=O)c2sccc2Cl)c1. The fraction of sp³-hybridized carbons (Fsp3) is 0.0833. The number of thiophene rings is 1. The highest BCUT2D eigenvalue weighted by molar-refractivity contribution is 7.12. The summed E-state index contributed by atoms with van der Waals surface area (Å²) in [4.78, 5) is 12.4.